The Labute approximate surface area is 146 Å². The fourth-order valence-electron chi connectivity index (χ4n) is 2.91. The number of fused-ring (bicyclic) bond motifs is 1. The zero-order valence-corrected chi connectivity index (χ0v) is 14.0. The number of rotatable bonds is 5. The number of nitrogens with one attached hydrogen (secondary N) is 1. The van der Waals surface area contributed by atoms with Crippen molar-refractivity contribution < 1.29 is 5.11 Å². The summed E-state index contributed by atoms with van der Waals surface area (Å²) in [6.07, 6.45) is 0.499. The first-order chi connectivity index (χ1) is 11.7. The monoisotopic (exact) mass is 342 g/mol. The summed E-state index contributed by atoms with van der Waals surface area (Å²) >= 11 is 5.86. The zero-order valence-electron chi connectivity index (χ0n) is 13.2. The van der Waals surface area contributed by atoms with E-state index in [9.17, 15) is 5.11 Å². The highest BCUT2D eigenvalue weighted by atomic mass is 35.5. The van der Waals surface area contributed by atoms with Gasteiger partial charge in [0, 0.05) is 26.2 Å². The van der Waals surface area contributed by atoms with Crippen LogP contribution in [-0.4, -0.2) is 40.7 Å². The maximum atomic E-state index is 10.3. The number of nitriles is 1. The zero-order chi connectivity index (χ0) is 16.9. The third kappa shape index (κ3) is 4.04. The normalized spacial score (nSPS) is 15.4. The van der Waals surface area contributed by atoms with Crippen LogP contribution in [0.5, 0.6) is 0 Å². The van der Waals surface area contributed by atoms with Gasteiger partial charge in [0.05, 0.1) is 11.1 Å². The van der Waals surface area contributed by atoms with Crippen molar-refractivity contribution in [2.75, 3.05) is 25.0 Å². The number of aromatic nitrogens is 1. The summed E-state index contributed by atoms with van der Waals surface area (Å²) in [5.41, 5.74) is 2.92. The van der Waals surface area contributed by atoms with Crippen LogP contribution in [0.15, 0.2) is 36.4 Å². The van der Waals surface area contributed by atoms with Gasteiger partial charge in [0.25, 0.3) is 0 Å². The Kier molecular flexibility index (Phi) is 5.31. The molecule has 2 N–H and O–H groups in total. The average Bonchev–Trinajstić information content (AvgIpc) is 2.61. The molecule has 0 radical (unpaired) electrons. The van der Waals surface area contributed by atoms with Crippen molar-refractivity contribution in [2.45, 2.75) is 19.1 Å². The van der Waals surface area contributed by atoms with Gasteiger partial charge in [-0.1, -0.05) is 35.9 Å². The van der Waals surface area contributed by atoms with Gasteiger partial charge in [-0.2, -0.15) is 5.26 Å². The standard InChI is InChI=1S/C18H19ClN4O/c19-16-5-6-18(22-17(16)9-20)21-10-15(24)12-23-8-7-13-3-1-2-4-14(13)11-23/h1-6,15,24H,7-8,10-12H2,(H,21,22). The van der Waals surface area contributed by atoms with Crippen molar-refractivity contribution in [3.8, 4) is 6.07 Å². The van der Waals surface area contributed by atoms with Crippen molar-refractivity contribution in [1.82, 2.24) is 9.88 Å². The SMILES string of the molecule is N#Cc1nc(NCC(O)CN2CCc3ccccc3C2)ccc1Cl. The molecule has 1 atom stereocenters. The highest BCUT2D eigenvalue weighted by Crippen LogP contribution is 2.19. The van der Waals surface area contributed by atoms with E-state index in [1.807, 2.05) is 6.07 Å². The lowest BCUT2D eigenvalue weighted by Crippen LogP contribution is -2.39. The highest BCUT2D eigenvalue weighted by molar-refractivity contribution is 6.31. The Morgan fingerprint density at radius 2 is 2.08 bits per heavy atom. The van der Waals surface area contributed by atoms with Gasteiger partial charge >= 0.3 is 0 Å². The molecule has 5 nitrogen and oxygen atoms in total. The minimum Gasteiger partial charge on any atom is -0.390 e. The summed E-state index contributed by atoms with van der Waals surface area (Å²) in [6.45, 7) is 2.79. The fourth-order valence-corrected chi connectivity index (χ4v) is 3.06. The minimum atomic E-state index is -0.515. The Balaban J connectivity index is 1.52. The van der Waals surface area contributed by atoms with E-state index in [4.69, 9.17) is 16.9 Å². The largest absolute Gasteiger partial charge is 0.390 e. The van der Waals surface area contributed by atoms with Crippen molar-refractivity contribution in [2.24, 2.45) is 0 Å². The lowest BCUT2D eigenvalue weighted by atomic mass is 10.00. The Morgan fingerprint density at radius 1 is 1.29 bits per heavy atom. The summed E-state index contributed by atoms with van der Waals surface area (Å²) in [7, 11) is 0. The molecule has 1 aromatic heterocycles. The molecule has 1 aliphatic rings. The van der Waals surface area contributed by atoms with E-state index >= 15 is 0 Å². The second-order valence-electron chi connectivity index (χ2n) is 5.93. The summed E-state index contributed by atoms with van der Waals surface area (Å²) in [5, 5.41) is 22.6. The molecule has 1 aromatic carbocycles. The van der Waals surface area contributed by atoms with Gasteiger partial charge in [0.2, 0.25) is 0 Å². The van der Waals surface area contributed by atoms with Gasteiger partial charge in [-0.25, -0.2) is 4.98 Å². The average molecular weight is 343 g/mol. The van der Waals surface area contributed by atoms with Crippen LogP contribution in [0, 0.1) is 11.3 Å². The van der Waals surface area contributed by atoms with Crippen LogP contribution in [-0.2, 0) is 13.0 Å². The molecule has 1 aliphatic heterocycles. The van der Waals surface area contributed by atoms with Crippen molar-refractivity contribution >= 4 is 17.4 Å². The van der Waals surface area contributed by atoms with Crippen LogP contribution in [0.25, 0.3) is 0 Å². The van der Waals surface area contributed by atoms with E-state index in [2.05, 4.69) is 39.5 Å². The van der Waals surface area contributed by atoms with E-state index < -0.39 is 6.10 Å². The predicted molar refractivity (Wildman–Crippen MR) is 93.9 cm³/mol. The van der Waals surface area contributed by atoms with Crippen LogP contribution in [0.2, 0.25) is 5.02 Å². The number of aliphatic hydroxyl groups excluding tert-OH is 1. The predicted octanol–water partition coefficient (Wildman–Crippen LogP) is 2.44. The quantitative estimate of drug-likeness (QED) is 0.873. The summed E-state index contributed by atoms with van der Waals surface area (Å²) in [4.78, 5) is 6.37. The Morgan fingerprint density at radius 3 is 2.88 bits per heavy atom. The van der Waals surface area contributed by atoms with Gasteiger partial charge < -0.3 is 10.4 Å². The molecule has 2 heterocycles. The third-order valence-electron chi connectivity index (χ3n) is 4.15. The first-order valence-corrected chi connectivity index (χ1v) is 8.31. The van der Waals surface area contributed by atoms with Crippen LogP contribution in [0.1, 0.15) is 16.8 Å². The molecule has 1 unspecified atom stereocenters. The van der Waals surface area contributed by atoms with Gasteiger partial charge in [-0.05, 0) is 29.7 Å². The molecular formula is C18H19ClN4O. The first kappa shape index (κ1) is 16.7. The molecule has 0 saturated heterocycles. The van der Waals surface area contributed by atoms with E-state index in [1.165, 1.54) is 11.1 Å². The topological polar surface area (TPSA) is 72.2 Å². The van der Waals surface area contributed by atoms with Gasteiger partial charge in [-0.3, -0.25) is 4.90 Å². The maximum absolute atomic E-state index is 10.3. The van der Waals surface area contributed by atoms with E-state index in [1.54, 1.807) is 12.1 Å². The summed E-state index contributed by atoms with van der Waals surface area (Å²) < 4.78 is 0. The molecular weight excluding hydrogens is 324 g/mol. The minimum absolute atomic E-state index is 0.184. The number of hydrogen-bond acceptors (Lipinski definition) is 5. The van der Waals surface area contributed by atoms with Crippen LogP contribution in [0.4, 0.5) is 5.82 Å². The third-order valence-corrected chi connectivity index (χ3v) is 4.45. The Hall–Kier alpha value is -2.13. The summed E-state index contributed by atoms with van der Waals surface area (Å²) in [6, 6.07) is 13.7. The van der Waals surface area contributed by atoms with Crippen LogP contribution in [0.3, 0.4) is 0 Å². The smallest absolute Gasteiger partial charge is 0.161 e. The number of pyridine rings is 1. The molecule has 2 aromatic rings. The molecule has 0 spiro atoms. The number of halogens is 1. The highest BCUT2D eigenvalue weighted by Gasteiger charge is 2.18. The van der Waals surface area contributed by atoms with Crippen LogP contribution >= 0.6 is 11.6 Å². The van der Waals surface area contributed by atoms with E-state index in [0.717, 1.165) is 19.5 Å². The molecule has 6 heteroatoms. The van der Waals surface area contributed by atoms with Gasteiger partial charge in [0.15, 0.2) is 5.69 Å². The number of β-amino-alcohol motifs (C(OH)–C–C–N with tert-alkyl or cyclic N) is 1. The molecule has 0 amide bonds. The lowest BCUT2D eigenvalue weighted by Gasteiger charge is -2.30. The number of benzene rings is 1. The fraction of sp³-hybridized carbons (Fsp3) is 0.333. The first-order valence-electron chi connectivity index (χ1n) is 7.93. The molecule has 0 fully saturated rings. The van der Waals surface area contributed by atoms with Crippen LogP contribution < -0.4 is 5.32 Å². The van der Waals surface area contributed by atoms with Crippen molar-refractivity contribution in [3.05, 3.63) is 58.2 Å². The second-order valence-corrected chi connectivity index (χ2v) is 6.33. The van der Waals surface area contributed by atoms with Gasteiger partial charge in [0.1, 0.15) is 11.9 Å². The number of hydrogen-bond donors (Lipinski definition) is 2. The van der Waals surface area contributed by atoms with Crippen molar-refractivity contribution in [3.63, 3.8) is 0 Å². The molecule has 0 saturated carbocycles. The number of nitrogens with zero attached hydrogens (tertiary/aromatic N) is 3. The molecule has 0 aliphatic carbocycles. The second kappa shape index (κ2) is 7.63. The molecule has 3 rings (SSSR count). The number of anilines is 1. The Bertz CT molecular complexity index is 759. The molecule has 0 bridgehead atoms. The van der Waals surface area contributed by atoms with Crippen molar-refractivity contribution in [1.29, 1.82) is 5.26 Å². The molecule has 24 heavy (non-hydrogen) atoms. The number of aliphatic hydroxyl groups is 1. The van der Waals surface area contributed by atoms with E-state index in [0.29, 0.717) is 23.9 Å². The summed E-state index contributed by atoms with van der Waals surface area (Å²) in [5.74, 6) is 0.541. The lowest BCUT2D eigenvalue weighted by molar-refractivity contribution is 0.114. The van der Waals surface area contributed by atoms with E-state index in [-0.39, 0.29) is 5.69 Å². The van der Waals surface area contributed by atoms with Gasteiger partial charge in [-0.15, -0.1) is 0 Å². The maximum Gasteiger partial charge on any atom is 0.161 e. The molecule has 124 valence electrons.